The first-order valence-corrected chi connectivity index (χ1v) is 24.9. The van der Waals surface area contributed by atoms with Crippen LogP contribution in [0.5, 0.6) is 0 Å². The molecule has 14 atom stereocenters. The summed E-state index contributed by atoms with van der Waals surface area (Å²) in [5.74, 6) is 6.03. The van der Waals surface area contributed by atoms with Crippen molar-refractivity contribution in [2.45, 2.75) is 265 Å². The maximum atomic E-state index is 6.87. The Morgan fingerprint density at radius 2 is 0.642 bits per heavy atom. The largest absolute Gasteiger partial charge is 0.372 e. The molecule has 11 fully saturated rings. The highest BCUT2D eigenvalue weighted by Crippen LogP contribution is 2.53. The number of ether oxygens (including phenoxy) is 2. The van der Waals surface area contributed by atoms with Crippen LogP contribution in [0.2, 0.25) is 0 Å². The third-order valence-corrected chi connectivity index (χ3v) is 19.4. The average molecular weight is 730 g/mol. The SMILES string of the molecule is C1CCC2C(C1)OC1CCCCC1N2C1CCC(C2CCC3NC4CCC(C5CCC(N6C7CCCCC7OC7CCCCC76)CC5)CC4C3C2)CC1. The van der Waals surface area contributed by atoms with Gasteiger partial charge in [-0.15, -0.1) is 0 Å². The predicted octanol–water partition coefficient (Wildman–Crippen LogP) is 10.2. The second-order valence-corrected chi connectivity index (χ2v) is 21.7. The van der Waals surface area contributed by atoms with Gasteiger partial charge in [-0.1, -0.05) is 51.4 Å². The van der Waals surface area contributed by atoms with E-state index in [1.165, 1.54) is 180 Å². The third kappa shape index (κ3) is 6.77. The molecule has 3 heterocycles. The summed E-state index contributed by atoms with van der Waals surface area (Å²) < 4.78 is 13.7. The minimum Gasteiger partial charge on any atom is -0.372 e. The van der Waals surface area contributed by atoms with Crippen LogP contribution in [-0.2, 0) is 9.47 Å². The Balaban J connectivity index is 0.703. The summed E-state index contributed by atoms with van der Waals surface area (Å²) in [5, 5.41) is 4.31. The van der Waals surface area contributed by atoms with Crippen LogP contribution in [0.25, 0.3) is 0 Å². The van der Waals surface area contributed by atoms with Crippen molar-refractivity contribution < 1.29 is 9.47 Å². The molecule has 0 aromatic heterocycles. The van der Waals surface area contributed by atoms with E-state index >= 15 is 0 Å². The molecule has 0 amide bonds. The van der Waals surface area contributed by atoms with Gasteiger partial charge in [0.15, 0.2) is 0 Å². The van der Waals surface area contributed by atoms with Crippen molar-refractivity contribution in [2.24, 2.45) is 35.5 Å². The first-order chi connectivity index (χ1) is 26.2. The zero-order valence-corrected chi connectivity index (χ0v) is 33.8. The monoisotopic (exact) mass is 730 g/mol. The van der Waals surface area contributed by atoms with E-state index in [1.807, 2.05) is 0 Å². The van der Waals surface area contributed by atoms with Crippen LogP contribution >= 0.6 is 0 Å². The minimum atomic E-state index is 0.548. The van der Waals surface area contributed by atoms with E-state index < -0.39 is 0 Å². The van der Waals surface area contributed by atoms with Gasteiger partial charge < -0.3 is 14.8 Å². The van der Waals surface area contributed by atoms with Gasteiger partial charge in [0, 0.05) is 48.3 Å². The maximum absolute atomic E-state index is 6.87. The predicted molar refractivity (Wildman–Crippen MR) is 214 cm³/mol. The first-order valence-electron chi connectivity index (χ1n) is 24.9. The summed E-state index contributed by atoms with van der Waals surface area (Å²) in [7, 11) is 0. The number of nitrogens with one attached hydrogen (secondary N) is 1. The topological polar surface area (TPSA) is 37.0 Å². The van der Waals surface area contributed by atoms with E-state index in [1.54, 1.807) is 12.8 Å². The van der Waals surface area contributed by atoms with Crippen molar-refractivity contribution in [2.75, 3.05) is 0 Å². The van der Waals surface area contributed by atoms with E-state index in [4.69, 9.17) is 9.47 Å². The molecule has 5 nitrogen and oxygen atoms in total. The maximum Gasteiger partial charge on any atom is 0.0735 e. The lowest BCUT2D eigenvalue weighted by atomic mass is 9.62. The molecule has 53 heavy (non-hydrogen) atoms. The van der Waals surface area contributed by atoms with Crippen molar-refractivity contribution in [3.05, 3.63) is 0 Å². The molecular formula is C48H79N3O2. The van der Waals surface area contributed by atoms with Crippen LogP contribution in [0, 0.1) is 35.5 Å². The zero-order chi connectivity index (χ0) is 34.9. The number of nitrogens with zero attached hydrogens (tertiary/aromatic N) is 2. The number of hydrogen-bond donors (Lipinski definition) is 1. The van der Waals surface area contributed by atoms with Gasteiger partial charge in [0.05, 0.1) is 24.4 Å². The molecule has 3 saturated heterocycles. The van der Waals surface area contributed by atoms with E-state index in [0.29, 0.717) is 24.4 Å². The molecule has 8 aliphatic carbocycles. The van der Waals surface area contributed by atoms with Crippen molar-refractivity contribution >= 4 is 0 Å². The fraction of sp³-hybridized carbons (Fsp3) is 1.00. The highest BCUT2D eigenvalue weighted by molar-refractivity contribution is 5.07. The van der Waals surface area contributed by atoms with E-state index in [2.05, 4.69) is 15.1 Å². The smallest absolute Gasteiger partial charge is 0.0735 e. The molecule has 11 rings (SSSR count). The van der Waals surface area contributed by atoms with Crippen molar-refractivity contribution in [3.63, 3.8) is 0 Å². The van der Waals surface area contributed by atoms with E-state index in [0.717, 1.165) is 83.8 Å². The minimum absolute atomic E-state index is 0.548. The van der Waals surface area contributed by atoms with Gasteiger partial charge in [-0.25, -0.2) is 0 Å². The van der Waals surface area contributed by atoms with Crippen molar-refractivity contribution in [1.29, 1.82) is 0 Å². The lowest BCUT2D eigenvalue weighted by Crippen LogP contribution is -2.65. The normalized spacial score (nSPS) is 53.7. The lowest BCUT2D eigenvalue weighted by molar-refractivity contribution is -0.190. The van der Waals surface area contributed by atoms with Crippen LogP contribution in [-0.4, -0.2) is 82.6 Å². The summed E-state index contributed by atoms with van der Waals surface area (Å²) in [4.78, 5) is 6.32. The molecule has 0 aromatic carbocycles. The molecule has 0 spiro atoms. The number of rotatable bonds is 4. The van der Waals surface area contributed by atoms with Crippen LogP contribution in [0.15, 0.2) is 0 Å². The molecule has 298 valence electrons. The van der Waals surface area contributed by atoms with E-state index in [9.17, 15) is 0 Å². The third-order valence-electron chi connectivity index (χ3n) is 19.4. The van der Waals surface area contributed by atoms with Gasteiger partial charge in [0.25, 0.3) is 0 Å². The number of morpholine rings is 2. The highest BCUT2D eigenvalue weighted by Gasteiger charge is 2.53. The van der Waals surface area contributed by atoms with Crippen molar-refractivity contribution in [3.8, 4) is 0 Å². The summed E-state index contributed by atoms with van der Waals surface area (Å²) in [5.41, 5.74) is 0. The Labute approximate surface area is 324 Å². The van der Waals surface area contributed by atoms with Crippen LogP contribution in [0.3, 0.4) is 0 Å². The Kier molecular flexibility index (Phi) is 10.5. The standard InChI is InChI=1S/C48H79N3O2/c1-5-13-45-41(9-1)50(42-10-2-6-14-46(42)52-45)35-23-17-31(18-24-35)33-21-27-39-37(29-33)38-30-34(22-28-40(38)49-39)32-19-25-36(26-20-32)51-43-11-3-7-15-47(43)53-48-16-8-4-12-44(48)51/h31-49H,1-30H2. The summed E-state index contributed by atoms with van der Waals surface area (Å²) >= 11 is 0. The molecule has 14 unspecified atom stereocenters. The quantitative estimate of drug-likeness (QED) is 0.312. The molecule has 0 aromatic rings. The molecule has 1 N–H and O–H groups in total. The van der Waals surface area contributed by atoms with Crippen LogP contribution in [0.1, 0.15) is 193 Å². The molecule has 0 radical (unpaired) electrons. The molecule has 11 aliphatic rings. The molecular weight excluding hydrogens is 651 g/mol. The molecule has 3 aliphatic heterocycles. The average Bonchev–Trinajstić information content (AvgIpc) is 3.59. The van der Waals surface area contributed by atoms with Gasteiger partial charge in [0.2, 0.25) is 0 Å². The lowest BCUT2D eigenvalue weighted by Gasteiger charge is -2.57. The second-order valence-electron chi connectivity index (χ2n) is 21.7. The Morgan fingerprint density at radius 3 is 1.00 bits per heavy atom. The molecule has 8 saturated carbocycles. The summed E-state index contributed by atoms with van der Waals surface area (Å²) in [6.07, 6.45) is 45.7. The van der Waals surface area contributed by atoms with E-state index in [-0.39, 0.29) is 0 Å². The highest BCUT2D eigenvalue weighted by atomic mass is 16.5. The summed E-state index contributed by atoms with van der Waals surface area (Å²) in [6.45, 7) is 0. The Hall–Kier alpha value is -0.200. The Bertz CT molecular complexity index is 1090. The van der Waals surface area contributed by atoms with Crippen LogP contribution < -0.4 is 5.32 Å². The van der Waals surface area contributed by atoms with Crippen LogP contribution in [0.4, 0.5) is 0 Å². The zero-order valence-electron chi connectivity index (χ0n) is 33.8. The molecule has 0 bridgehead atoms. The van der Waals surface area contributed by atoms with Gasteiger partial charge in [-0.05, 0) is 177 Å². The van der Waals surface area contributed by atoms with Gasteiger partial charge in [0.1, 0.15) is 0 Å². The van der Waals surface area contributed by atoms with Gasteiger partial charge in [-0.3, -0.25) is 9.80 Å². The van der Waals surface area contributed by atoms with Crippen molar-refractivity contribution in [1.82, 2.24) is 15.1 Å². The van der Waals surface area contributed by atoms with Gasteiger partial charge >= 0.3 is 0 Å². The first kappa shape index (κ1) is 35.9. The summed E-state index contributed by atoms with van der Waals surface area (Å²) in [6, 6.07) is 6.36. The fourth-order valence-corrected chi connectivity index (χ4v) is 17.0. The molecule has 5 heteroatoms. The fourth-order valence-electron chi connectivity index (χ4n) is 17.0. The second kappa shape index (κ2) is 15.5. The van der Waals surface area contributed by atoms with Gasteiger partial charge in [-0.2, -0.15) is 0 Å². The Morgan fingerprint density at radius 1 is 0.321 bits per heavy atom. The number of fused-ring (bicyclic) bond motifs is 7. The number of hydrogen-bond acceptors (Lipinski definition) is 5.